The number of imide groups is 1. The van der Waals surface area contributed by atoms with Gasteiger partial charge in [-0.05, 0) is 36.5 Å². The molecule has 1 aliphatic heterocycles. The Morgan fingerprint density at radius 2 is 2.04 bits per heavy atom. The minimum atomic E-state index is -0.627. The topological polar surface area (TPSA) is 73.1 Å². The summed E-state index contributed by atoms with van der Waals surface area (Å²) in [6.07, 6.45) is 1.63. The number of amides is 2. The summed E-state index contributed by atoms with van der Waals surface area (Å²) in [6, 6.07) is 5.31. The van der Waals surface area contributed by atoms with E-state index in [2.05, 4.69) is 19.2 Å². The van der Waals surface area contributed by atoms with Crippen molar-refractivity contribution < 1.29 is 11.0 Å². The Balaban J connectivity index is 0.00000208. The van der Waals surface area contributed by atoms with E-state index in [0.717, 1.165) is 17.5 Å². The average Bonchev–Trinajstić information content (AvgIpc) is 2.78. The maximum Gasteiger partial charge on any atom is 0.329 e. The lowest BCUT2D eigenvalue weighted by Crippen LogP contribution is -2.44. The number of carbonyl (C=O) groups is 2. The standard InChI is InChI=1S/C17H21N3O3.H2/c1-4-10(2)11-5-6-12-14(9-11)19(3)17(23)20(12)13-7-8-15(21)18-16(13)22;/h5-6,9-10,13H,4,7-8H2,1-3H3,(H,18,21,22);1H/t10?,13-;/m0./s1. The molecule has 6 heteroatoms. The molecule has 0 aliphatic carbocycles. The lowest BCUT2D eigenvalue weighted by Gasteiger charge is -2.22. The van der Waals surface area contributed by atoms with Crippen LogP contribution in [-0.2, 0) is 16.6 Å². The fourth-order valence-electron chi connectivity index (χ4n) is 3.15. The Hall–Kier alpha value is -2.37. The summed E-state index contributed by atoms with van der Waals surface area (Å²) >= 11 is 0. The van der Waals surface area contributed by atoms with Gasteiger partial charge in [0.05, 0.1) is 11.0 Å². The van der Waals surface area contributed by atoms with Gasteiger partial charge in [0, 0.05) is 14.9 Å². The molecule has 23 heavy (non-hydrogen) atoms. The lowest BCUT2D eigenvalue weighted by atomic mass is 9.98. The second-order valence-corrected chi connectivity index (χ2v) is 6.24. The largest absolute Gasteiger partial charge is 0.329 e. The quantitative estimate of drug-likeness (QED) is 0.881. The van der Waals surface area contributed by atoms with Gasteiger partial charge in [-0.15, -0.1) is 0 Å². The summed E-state index contributed by atoms with van der Waals surface area (Å²) < 4.78 is 3.09. The Kier molecular flexibility index (Phi) is 3.83. The number of nitrogens with zero attached hydrogens (tertiary/aromatic N) is 2. The summed E-state index contributed by atoms with van der Waals surface area (Å²) in [7, 11) is 1.72. The van der Waals surface area contributed by atoms with Crippen LogP contribution in [0.3, 0.4) is 0 Å². The molecule has 0 bridgehead atoms. The molecule has 3 rings (SSSR count). The molecule has 2 atom stereocenters. The van der Waals surface area contributed by atoms with Crippen molar-refractivity contribution in [2.45, 2.75) is 45.1 Å². The highest BCUT2D eigenvalue weighted by atomic mass is 16.2. The van der Waals surface area contributed by atoms with Crippen molar-refractivity contribution in [2.24, 2.45) is 7.05 Å². The van der Waals surface area contributed by atoms with E-state index in [1.54, 1.807) is 11.6 Å². The van der Waals surface area contributed by atoms with E-state index in [1.165, 1.54) is 10.1 Å². The van der Waals surface area contributed by atoms with E-state index in [1.807, 2.05) is 18.2 Å². The zero-order valence-electron chi connectivity index (χ0n) is 13.6. The van der Waals surface area contributed by atoms with Gasteiger partial charge in [0.25, 0.3) is 0 Å². The average molecular weight is 317 g/mol. The van der Waals surface area contributed by atoms with Gasteiger partial charge in [0.1, 0.15) is 6.04 Å². The number of aryl methyl sites for hydroxylation is 1. The zero-order chi connectivity index (χ0) is 16.7. The third kappa shape index (κ3) is 2.48. The van der Waals surface area contributed by atoms with Crippen LogP contribution < -0.4 is 11.0 Å². The van der Waals surface area contributed by atoms with Crippen molar-refractivity contribution >= 4 is 22.8 Å². The zero-order valence-corrected chi connectivity index (χ0v) is 13.6. The van der Waals surface area contributed by atoms with Crippen molar-refractivity contribution in [3.05, 3.63) is 34.2 Å². The molecular weight excluding hydrogens is 294 g/mol. The number of fused-ring (bicyclic) bond motifs is 1. The van der Waals surface area contributed by atoms with Gasteiger partial charge in [-0.3, -0.25) is 24.0 Å². The van der Waals surface area contributed by atoms with Gasteiger partial charge in [0.2, 0.25) is 11.8 Å². The van der Waals surface area contributed by atoms with Crippen LogP contribution in [-0.4, -0.2) is 20.9 Å². The molecule has 1 aromatic heterocycles. The van der Waals surface area contributed by atoms with Gasteiger partial charge >= 0.3 is 5.69 Å². The molecule has 2 heterocycles. The number of aromatic nitrogens is 2. The van der Waals surface area contributed by atoms with Gasteiger partial charge in [-0.2, -0.15) is 0 Å². The molecular formula is C17H23N3O3. The van der Waals surface area contributed by atoms with Crippen LogP contribution in [0.1, 0.15) is 52.1 Å². The molecule has 1 unspecified atom stereocenters. The first kappa shape index (κ1) is 15.5. The summed E-state index contributed by atoms with van der Waals surface area (Å²) in [5.41, 5.74) is 2.50. The number of benzene rings is 1. The van der Waals surface area contributed by atoms with Crippen LogP contribution in [0.25, 0.3) is 11.0 Å². The highest BCUT2D eigenvalue weighted by Gasteiger charge is 2.31. The molecule has 6 nitrogen and oxygen atoms in total. The molecule has 124 valence electrons. The van der Waals surface area contributed by atoms with E-state index in [-0.39, 0.29) is 19.4 Å². The molecule has 2 amide bonds. The van der Waals surface area contributed by atoms with Crippen LogP contribution in [0, 0.1) is 0 Å². The molecule has 0 radical (unpaired) electrons. The normalized spacial score (nSPS) is 19.9. The van der Waals surface area contributed by atoms with Crippen molar-refractivity contribution in [3.63, 3.8) is 0 Å². The van der Waals surface area contributed by atoms with Crippen LogP contribution in [0.5, 0.6) is 0 Å². The number of hydrogen-bond acceptors (Lipinski definition) is 3. The molecule has 1 saturated heterocycles. The number of piperidine rings is 1. The van der Waals surface area contributed by atoms with E-state index in [9.17, 15) is 14.4 Å². The summed E-state index contributed by atoms with van der Waals surface area (Å²) in [5.74, 6) is -0.270. The van der Waals surface area contributed by atoms with Crippen LogP contribution >= 0.6 is 0 Å². The number of hydrogen-bond donors (Lipinski definition) is 1. The minimum Gasteiger partial charge on any atom is -0.295 e. The van der Waals surface area contributed by atoms with Crippen molar-refractivity contribution in [2.75, 3.05) is 0 Å². The maximum absolute atomic E-state index is 12.6. The van der Waals surface area contributed by atoms with E-state index in [4.69, 9.17) is 0 Å². The fourth-order valence-corrected chi connectivity index (χ4v) is 3.15. The maximum atomic E-state index is 12.6. The van der Waals surface area contributed by atoms with Gasteiger partial charge in [0.15, 0.2) is 0 Å². The second kappa shape index (κ2) is 5.68. The number of imidazole rings is 1. The van der Waals surface area contributed by atoms with Crippen molar-refractivity contribution in [3.8, 4) is 0 Å². The molecule has 0 spiro atoms. The Morgan fingerprint density at radius 3 is 2.70 bits per heavy atom. The summed E-state index contributed by atoms with van der Waals surface area (Å²) in [6.45, 7) is 4.28. The van der Waals surface area contributed by atoms with E-state index in [0.29, 0.717) is 12.3 Å². The van der Waals surface area contributed by atoms with Crippen LogP contribution in [0.2, 0.25) is 0 Å². The van der Waals surface area contributed by atoms with Crippen molar-refractivity contribution in [1.82, 2.24) is 14.5 Å². The fraction of sp³-hybridized carbons (Fsp3) is 0.471. The van der Waals surface area contributed by atoms with Crippen LogP contribution in [0.15, 0.2) is 23.0 Å². The number of carbonyl (C=O) groups excluding carboxylic acids is 2. The number of nitrogens with one attached hydrogen (secondary N) is 1. The SMILES string of the molecule is CCC(C)c1ccc2c(c1)n(C)c(=O)n2[C@H]1CCC(=O)NC1=O.[HH]. The molecule has 1 N–H and O–H groups in total. The van der Waals surface area contributed by atoms with Crippen molar-refractivity contribution in [1.29, 1.82) is 0 Å². The van der Waals surface area contributed by atoms with Crippen LogP contribution in [0.4, 0.5) is 0 Å². The molecule has 1 aliphatic rings. The van der Waals surface area contributed by atoms with Gasteiger partial charge in [-0.1, -0.05) is 19.9 Å². The smallest absolute Gasteiger partial charge is 0.295 e. The summed E-state index contributed by atoms with van der Waals surface area (Å²) in [5, 5.41) is 2.32. The molecule has 1 fully saturated rings. The lowest BCUT2D eigenvalue weighted by molar-refractivity contribution is -0.135. The van der Waals surface area contributed by atoms with Gasteiger partial charge < -0.3 is 0 Å². The third-order valence-corrected chi connectivity index (χ3v) is 4.82. The first-order valence-corrected chi connectivity index (χ1v) is 7.98. The number of rotatable bonds is 3. The Bertz CT molecular complexity index is 853. The Morgan fingerprint density at radius 1 is 1.30 bits per heavy atom. The molecule has 0 saturated carbocycles. The van der Waals surface area contributed by atoms with Gasteiger partial charge in [-0.25, -0.2) is 4.79 Å². The minimum absolute atomic E-state index is 0. The predicted octanol–water partition coefficient (Wildman–Crippen LogP) is 2.08. The van der Waals surface area contributed by atoms with E-state index < -0.39 is 11.9 Å². The highest BCUT2D eigenvalue weighted by Crippen LogP contribution is 2.26. The molecule has 1 aromatic carbocycles. The first-order valence-electron chi connectivity index (χ1n) is 7.98. The first-order chi connectivity index (χ1) is 10.9. The second-order valence-electron chi connectivity index (χ2n) is 6.24. The third-order valence-electron chi connectivity index (χ3n) is 4.82. The molecule has 2 aromatic rings. The Labute approximate surface area is 135 Å². The highest BCUT2D eigenvalue weighted by molar-refractivity contribution is 6.00. The monoisotopic (exact) mass is 317 g/mol. The predicted molar refractivity (Wildman–Crippen MR) is 89.4 cm³/mol. The van der Waals surface area contributed by atoms with E-state index >= 15 is 0 Å². The summed E-state index contributed by atoms with van der Waals surface area (Å²) in [4.78, 5) is 36.1.